The van der Waals surface area contributed by atoms with Gasteiger partial charge in [0, 0.05) is 10.0 Å². The molecule has 0 saturated heterocycles. The first-order valence-corrected chi connectivity index (χ1v) is 7.61. The minimum atomic E-state index is -0.298. The fraction of sp³-hybridized carbons (Fsp3) is 0.294. The maximum atomic E-state index is 6.72. The average Bonchev–Trinajstić information content (AvgIpc) is 2.78. The number of hydrogen-bond donors (Lipinski definition) is 1. The van der Waals surface area contributed by atoms with Gasteiger partial charge in [0.15, 0.2) is 0 Å². The molecule has 1 unspecified atom stereocenters. The number of fused-ring (bicyclic) bond motifs is 1. The van der Waals surface area contributed by atoms with Crippen LogP contribution in [0.4, 0.5) is 0 Å². The van der Waals surface area contributed by atoms with Crippen LogP contribution in [0.1, 0.15) is 23.1 Å². The molecule has 0 amide bonds. The van der Waals surface area contributed by atoms with Crippen molar-refractivity contribution in [1.29, 1.82) is 0 Å². The van der Waals surface area contributed by atoms with E-state index in [0.717, 1.165) is 29.5 Å². The van der Waals surface area contributed by atoms with Gasteiger partial charge in [0.05, 0.1) is 7.11 Å². The van der Waals surface area contributed by atoms with E-state index in [9.17, 15) is 0 Å². The first-order valence-electron chi connectivity index (χ1n) is 6.82. The van der Waals surface area contributed by atoms with E-state index in [1.165, 1.54) is 16.7 Å². The van der Waals surface area contributed by atoms with Crippen molar-refractivity contribution in [2.24, 2.45) is 5.73 Å². The zero-order chi connectivity index (χ0) is 14.2. The van der Waals surface area contributed by atoms with Crippen LogP contribution in [-0.2, 0) is 18.4 Å². The zero-order valence-corrected chi connectivity index (χ0v) is 13.1. The Bertz CT molecular complexity index is 641. The molecule has 0 fully saturated rings. The Hall–Kier alpha value is -1.32. The van der Waals surface area contributed by atoms with Gasteiger partial charge in [-0.2, -0.15) is 0 Å². The monoisotopic (exact) mass is 331 g/mol. The summed E-state index contributed by atoms with van der Waals surface area (Å²) >= 11 is 3.62. The minimum absolute atomic E-state index is 0.298. The topological polar surface area (TPSA) is 35.2 Å². The molecular formula is C17H18BrNO. The van der Waals surface area contributed by atoms with Gasteiger partial charge in [-0.05, 0) is 54.2 Å². The first kappa shape index (κ1) is 13.7. The van der Waals surface area contributed by atoms with E-state index in [4.69, 9.17) is 10.5 Å². The Morgan fingerprint density at radius 1 is 1.25 bits per heavy atom. The normalized spacial score (nSPS) is 20.8. The number of methoxy groups -OCH3 is 1. The molecule has 3 rings (SSSR count). The maximum absolute atomic E-state index is 6.72. The molecule has 3 heteroatoms. The second-order valence-corrected chi connectivity index (χ2v) is 6.30. The van der Waals surface area contributed by atoms with E-state index < -0.39 is 0 Å². The molecule has 1 aliphatic carbocycles. The molecule has 1 atom stereocenters. The smallest absolute Gasteiger partial charge is 0.119 e. The first-order chi connectivity index (χ1) is 9.62. The van der Waals surface area contributed by atoms with Gasteiger partial charge < -0.3 is 10.5 Å². The number of ether oxygens (including phenoxy) is 1. The number of nitrogens with two attached hydrogens (primary N) is 1. The zero-order valence-electron chi connectivity index (χ0n) is 11.5. The third-order valence-electron chi connectivity index (χ3n) is 4.16. The second-order valence-electron chi connectivity index (χ2n) is 5.45. The molecule has 2 nitrogen and oxygen atoms in total. The third kappa shape index (κ3) is 2.36. The largest absolute Gasteiger partial charge is 0.497 e. The molecule has 20 heavy (non-hydrogen) atoms. The lowest BCUT2D eigenvalue weighted by Gasteiger charge is -2.26. The fourth-order valence-electron chi connectivity index (χ4n) is 3.02. The molecular weight excluding hydrogens is 314 g/mol. The van der Waals surface area contributed by atoms with E-state index in [2.05, 4.69) is 46.3 Å². The lowest BCUT2D eigenvalue weighted by Crippen LogP contribution is -2.36. The van der Waals surface area contributed by atoms with Gasteiger partial charge in [0.2, 0.25) is 0 Å². The number of benzene rings is 2. The van der Waals surface area contributed by atoms with Crippen molar-refractivity contribution >= 4 is 15.9 Å². The van der Waals surface area contributed by atoms with Crippen LogP contribution in [0.3, 0.4) is 0 Å². The minimum Gasteiger partial charge on any atom is -0.497 e. The highest BCUT2D eigenvalue weighted by Gasteiger charge is 2.35. The van der Waals surface area contributed by atoms with Crippen LogP contribution < -0.4 is 10.5 Å². The lowest BCUT2D eigenvalue weighted by molar-refractivity contribution is 0.407. The number of rotatable bonds is 3. The molecule has 0 bridgehead atoms. The Balaban J connectivity index is 1.98. The highest BCUT2D eigenvalue weighted by Crippen LogP contribution is 2.40. The van der Waals surface area contributed by atoms with Crippen LogP contribution in [0.2, 0.25) is 0 Å². The lowest BCUT2D eigenvalue weighted by atomic mass is 9.86. The van der Waals surface area contributed by atoms with Gasteiger partial charge in [-0.3, -0.25) is 0 Å². The summed E-state index contributed by atoms with van der Waals surface area (Å²) in [6, 6.07) is 14.6. The fourth-order valence-corrected chi connectivity index (χ4v) is 3.45. The van der Waals surface area contributed by atoms with Crippen LogP contribution in [0.25, 0.3) is 0 Å². The van der Waals surface area contributed by atoms with Crippen molar-refractivity contribution in [3.63, 3.8) is 0 Å². The van der Waals surface area contributed by atoms with Crippen molar-refractivity contribution in [1.82, 2.24) is 0 Å². The number of aryl methyl sites for hydroxylation is 1. The molecule has 0 spiro atoms. The summed E-state index contributed by atoms with van der Waals surface area (Å²) in [5.74, 6) is 0.882. The Morgan fingerprint density at radius 2 is 2.05 bits per heavy atom. The summed E-state index contributed by atoms with van der Waals surface area (Å²) in [7, 11) is 1.70. The molecule has 1 aliphatic rings. The summed E-state index contributed by atoms with van der Waals surface area (Å²) < 4.78 is 6.47. The van der Waals surface area contributed by atoms with Crippen LogP contribution in [0.15, 0.2) is 46.9 Å². The van der Waals surface area contributed by atoms with E-state index >= 15 is 0 Å². The molecule has 2 N–H and O–H groups in total. The molecule has 0 aliphatic heterocycles. The summed E-state index contributed by atoms with van der Waals surface area (Å²) in [6.07, 6.45) is 2.87. The number of hydrogen-bond acceptors (Lipinski definition) is 2. The van der Waals surface area contributed by atoms with Crippen LogP contribution in [0, 0.1) is 0 Å². The van der Waals surface area contributed by atoms with Crippen molar-refractivity contribution in [3.05, 3.63) is 63.6 Å². The molecule has 2 aromatic rings. The van der Waals surface area contributed by atoms with Gasteiger partial charge in [-0.15, -0.1) is 0 Å². The van der Waals surface area contributed by atoms with Crippen LogP contribution in [0.5, 0.6) is 5.75 Å². The van der Waals surface area contributed by atoms with Gasteiger partial charge in [0.25, 0.3) is 0 Å². The Kier molecular flexibility index (Phi) is 3.57. The molecule has 0 radical (unpaired) electrons. The predicted octanol–water partition coefficient (Wildman–Crippen LogP) is 3.80. The van der Waals surface area contributed by atoms with E-state index in [1.807, 2.05) is 12.1 Å². The van der Waals surface area contributed by atoms with Crippen molar-refractivity contribution in [3.8, 4) is 5.75 Å². The molecule has 0 saturated carbocycles. The molecule has 0 heterocycles. The van der Waals surface area contributed by atoms with Crippen molar-refractivity contribution < 1.29 is 4.74 Å². The number of halogens is 1. The highest BCUT2D eigenvalue weighted by atomic mass is 79.9. The summed E-state index contributed by atoms with van der Waals surface area (Å²) in [5.41, 5.74) is 10.3. The molecule has 0 aromatic heterocycles. The Labute approximate surface area is 128 Å². The van der Waals surface area contributed by atoms with E-state index in [0.29, 0.717) is 0 Å². The quantitative estimate of drug-likeness (QED) is 0.928. The highest BCUT2D eigenvalue weighted by molar-refractivity contribution is 9.10. The standard InChI is InChI=1S/C17H18BrNO/c1-20-14-7-6-12-8-9-17(19,15(12)10-14)11-13-4-2-3-5-16(13)18/h2-7,10H,8-9,11,19H2,1H3. The summed E-state index contributed by atoms with van der Waals surface area (Å²) in [4.78, 5) is 0. The van der Waals surface area contributed by atoms with Crippen LogP contribution in [-0.4, -0.2) is 7.11 Å². The van der Waals surface area contributed by atoms with Crippen LogP contribution >= 0.6 is 15.9 Å². The van der Waals surface area contributed by atoms with Crippen molar-refractivity contribution in [2.45, 2.75) is 24.8 Å². The van der Waals surface area contributed by atoms with Gasteiger partial charge in [0.1, 0.15) is 5.75 Å². The average molecular weight is 332 g/mol. The van der Waals surface area contributed by atoms with Crippen molar-refractivity contribution in [2.75, 3.05) is 7.11 Å². The van der Waals surface area contributed by atoms with Gasteiger partial charge >= 0.3 is 0 Å². The molecule has 104 valence electrons. The maximum Gasteiger partial charge on any atom is 0.119 e. The second kappa shape index (κ2) is 5.23. The van der Waals surface area contributed by atoms with Gasteiger partial charge in [-0.1, -0.05) is 40.2 Å². The van der Waals surface area contributed by atoms with E-state index in [-0.39, 0.29) is 5.54 Å². The summed E-state index contributed by atoms with van der Waals surface area (Å²) in [6.45, 7) is 0. The molecule has 2 aromatic carbocycles. The third-order valence-corrected chi connectivity index (χ3v) is 4.93. The van der Waals surface area contributed by atoms with E-state index in [1.54, 1.807) is 7.11 Å². The predicted molar refractivity (Wildman–Crippen MR) is 85.0 cm³/mol. The summed E-state index contributed by atoms with van der Waals surface area (Å²) in [5, 5.41) is 0. The van der Waals surface area contributed by atoms with Gasteiger partial charge in [-0.25, -0.2) is 0 Å². The Morgan fingerprint density at radius 3 is 2.80 bits per heavy atom. The SMILES string of the molecule is COc1ccc2c(c1)C(N)(Cc1ccccc1Br)CC2.